The van der Waals surface area contributed by atoms with Crippen molar-refractivity contribution in [1.82, 2.24) is 0 Å². The van der Waals surface area contributed by atoms with Gasteiger partial charge in [-0.05, 0) is 24.3 Å². The lowest BCUT2D eigenvalue weighted by Crippen LogP contribution is -2.38. The molecule has 0 saturated heterocycles. The predicted octanol–water partition coefficient (Wildman–Crippen LogP) is 1.59. The van der Waals surface area contributed by atoms with Crippen LogP contribution in [0.4, 0.5) is 5.69 Å². The van der Waals surface area contributed by atoms with Gasteiger partial charge < -0.3 is 9.22 Å². The predicted molar refractivity (Wildman–Crippen MR) is 77.1 cm³/mol. The number of likely N-dealkylation sites (N-methyl/N-ethyl adjacent to an activating group) is 1. The fraction of sp³-hybridized carbons (Fsp3) is 0.357. The number of hydrogen-bond acceptors (Lipinski definition) is 5. The molecule has 6 heteroatoms. The minimum absolute atomic E-state index is 0.215. The summed E-state index contributed by atoms with van der Waals surface area (Å²) in [5.74, 6) is 0.772. The number of hydrogen-bond donors (Lipinski definition) is 1. The molecule has 104 valence electrons. The molecule has 0 heterocycles. The second kappa shape index (κ2) is 7.13. The first kappa shape index (κ1) is 15.5. The molecule has 1 aromatic carbocycles. The van der Waals surface area contributed by atoms with E-state index in [9.17, 15) is 0 Å². The number of quaternary nitrogens is 1. The molecule has 1 rings (SSSR count). The summed E-state index contributed by atoms with van der Waals surface area (Å²) < 4.78 is 6.47. The van der Waals surface area contributed by atoms with E-state index in [2.05, 4.69) is 31.7 Å². The van der Waals surface area contributed by atoms with Gasteiger partial charge in [0.25, 0.3) is 0 Å². The lowest BCUT2D eigenvalue weighted by atomic mass is 10.3. The number of benzene rings is 1. The topological polar surface area (TPSA) is 81.2 Å². The first-order chi connectivity index (χ1) is 9.44. The minimum Gasteiger partial charge on any atom is -0.488 e. The molecule has 0 bridgehead atoms. The number of nitriles is 2. The normalized spacial score (nSPS) is 10.1. The minimum atomic E-state index is -0.215. The molecule has 20 heavy (non-hydrogen) atoms. The van der Waals surface area contributed by atoms with Crippen molar-refractivity contribution in [2.75, 3.05) is 39.7 Å². The monoisotopic (exact) mass is 272 g/mol. The molecule has 1 aromatic rings. The molecule has 0 aliphatic heterocycles. The highest BCUT2D eigenvalue weighted by atomic mass is 16.5. The standard InChI is InChI=1S/C14H18N5O/c1-19(2,3)8-9-20-14-6-4-12(5-7-14)17-18-13(10-15)11-16/h4-7,17H,8-9H2,1-3H3/q+1. The molecular formula is C14H18N5O+. The van der Waals surface area contributed by atoms with E-state index in [1.54, 1.807) is 24.3 Å². The summed E-state index contributed by atoms with van der Waals surface area (Å²) in [4.78, 5) is 0. The molecule has 0 aliphatic rings. The van der Waals surface area contributed by atoms with Crippen LogP contribution < -0.4 is 10.2 Å². The van der Waals surface area contributed by atoms with Gasteiger partial charge in [0.15, 0.2) is 0 Å². The van der Waals surface area contributed by atoms with Crippen LogP contribution in [0.3, 0.4) is 0 Å². The average molecular weight is 272 g/mol. The molecule has 0 atom stereocenters. The van der Waals surface area contributed by atoms with E-state index in [4.69, 9.17) is 15.3 Å². The lowest BCUT2D eigenvalue weighted by molar-refractivity contribution is -0.870. The molecule has 0 unspecified atom stereocenters. The van der Waals surface area contributed by atoms with E-state index in [0.29, 0.717) is 12.3 Å². The molecule has 0 fully saturated rings. The summed E-state index contributed by atoms with van der Waals surface area (Å²) in [5, 5.41) is 20.7. The highest BCUT2D eigenvalue weighted by Gasteiger charge is 2.06. The maximum atomic E-state index is 8.55. The quantitative estimate of drug-likeness (QED) is 0.484. The first-order valence-corrected chi connectivity index (χ1v) is 6.12. The van der Waals surface area contributed by atoms with Gasteiger partial charge in [-0.2, -0.15) is 15.6 Å². The van der Waals surface area contributed by atoms with Crippen molar-refractivity contribution in [1.29, 1.82) is 10.5 Å². The Bertz CT molecular complexity index is 527. The fourth-order valence-electron chi connectivity index (χ4n) is 1.26. The average Bonchev–Trinajstić information content (AvgIpc) is 2.40. The Kier molecular flexibility index (Phi) is 5.52. The Morgan fingerprint density at radius 2 is 1.80 bits per heavy atom. The van der Waals surface area contributed by atoms with E-state index >= 15 is 0 Å². The van der Waals surface area contributed by atoms with Crippen molar-refractivity contribution in [2.45, 2.75) is 0 Å². The lowest BCUT2D eigenvalue weighted by Gasteiger charge is -2.23. The molecular weight excluding hydrogens is 254 g/mol. The van der Waals surface area contributed by atoms with Gasteiger partial charge in [-0.25, -0.2) is 0 Å². The second-order valence-electron chi connectivity index (χ2n) is 5.18. The molecule has 0 amide bonds. The number of anilines is 1. The van der Waals surface area contributed by atoms with Crippen LogP contribution in [0.15, 0.2) is 29.4 Å². The van der Waals surface area contributed by atoms with Gasteiger partial charge in [0.05, 0.1) is 26.8 Å². The molecule has 0 aromatic heterocycles. The first-order valence-electron chi connectivity index (χ1n) is 6.12. The summed E-state index contributed by atoms with van der Waals surface area (Å²) in [5.41, 5.74) is 3.11. The third-order valence-electron chi connectivity index (χ3n) is 2.39. The zero-order chi connectivity index (χ0) is 15.0. The highest BCUT2D eigenvalue weighted by Crippen LogP contribution is 2.15. The van der Waals surface area contributed by atoms with Crippen molar-refractivity contribution in [3.63, 3.8) is 0 Å². The van der Waals surface area contributed by atoms with Gasteiger partial charge in [-0.3, -0.25) is 5.43 Å². The summed E-state index contributed by atoms with van der Waals surface area (Å²) >= 11 is 0. The Balaban J connectivity index is 2.51. The summed E-state index contributed by atoms with van der Waals surface area (Å²) in [6, 6.07) is 10.5. The van der Waals surface area contributed by atoms with E-state index in [1.165, 1.54) is 0 Å². The van der Waals surface area contributed by atoms with Gasteiger partial charge in [-0.1, -0.05) is 0 Å². The maximum absolute atomic E-state index is 8.55. The SMILES string of the molecule is C[N+](C)(C)CCOc1ccc(NN=C(C#N)C#N)cc1. The van der Waals surface area contributed by atoms with Crippen LogP contribution in [0.5, 0.6) is 5.75 Å². The fourth-order valence-corrected chi connectivity index (χ4v) is 1.26. The number of hydrazone groups is 1. The van der Waals surface area contributed by atoms with Crippen LogP contribution in [0.25, 0.3) is 0 Å². The van der Waals surface area contributed by atoms with Crippen molar-refractivity contribution in [2.24, 2.45) is 5.10 Å². The van der Waals surface area contributed by atoms with Crippen LogP contribution in [-0.4, -0.2) is 44.5 Å². The van der Waals surface area contributed by atoms with E-state index in [0.717, 1.165) is 16.8 Å². The maximum Gasteiger partial charge on any atom is 0.237 e. The number of nitrogens with one attached hydrogen (secondary N) is 1. The van der Waals surface area contributed by atoms with Gasteiger partial charge in [0, 0.05) is 0 Å². The summed E-state index contributed by atoms with van der Waals surface area (Å²) in [6.45, 7) is 1.55. The largest absolute Gasteiger partial charge is 0.488 e. The number of rotatable bonds is 6. The molecule has 0 saturated carbocycles. The highest BCUT2D eigenvalue weighted by molar-refractivity contribution is 6.10. The van der Waals surface area contributed by atoms with Crippen LogP contribution in [0, 0.1) is 22.7 Å². The third-order valence-corrected chi connectivity index (χ3v) is 2.39. The number of ether oxygens (including phenoxy) is 1. The zero-order valence-electron chi connectivity index (χ0n) is 11.9. The summed E-state index contributed by atoms with van der Waals surface area (Å²) in [7, 11) is 6.32. The van der Waals surface area contributed by atoms with Gasteiger partial charge in [0.2, 0.25) is 5.71 Å². The molecule has 6 nitrogen and oxygen atoms in total. The molecule has 0 radical (unpaired) electrons. The van der Waals surface area contributed by atoms with E-state index in [1.807, 2.05) is 12.1 Å². The van der Waals surface area contributed by atoms with Crippen molar-refractivity contribution in [3.05, 3.63) is 24.3 Å². The third kappa shape index (κ3) is 5.85. The Morgan fingerprint density at radius 3 is 2.30 bits per heavy atom. The molecule has 0 spiro atoms. The Hall–Kier alpha value is -2.57. The van der Waals surface area contributed by atoms with Crippen molar-refractivity contribution < 1.29 is 9.22 Å². The molecule has 0 aliphatic carbocycles. The second-order valence-corrected chi connectivity index (χ2v) is 5.18. The van der Waals surface area contributed by atoms with Gasteiger partial charge >= 0.3 is 0 Å². The van der Waals surface area contributed by atoms with Crippen LogP contribution >= 0.6 is 0 Å². The smallest absolute Gasteiger partial charge is 0.237 e. The Labute approximate surface area is 119 Å². The van der Waals surface area contributed by atoms with Gasteiger partial charge in [-0.15, -0.1) is 0 Å². The Morgan fingerprint density at radius 1 is 1.20 bits per heavy atom. The van der Waals surface area contributed by atoms with Crippen LogP contribution in [-0.2, 0) is 0 Å². The van der Waals surface area contributed by atoms with Crippen molar-refractivity contribution >= 4 is 11.4 Å². The van der Waals surface area contributed by atoms with E-state index < -0.39 is 0 Å². The van der Waals surface area contributed by atoms with E-state index in [-0.39, 0.29) is 5.71 Å². The summed E-state index contributed by atoms with van der Waals surface area (Å²) in [6.07, 6.45) is 0. The van der Waals surface area contributed by atoms with Crippen LogP contribution in [0.2, 0.25) is 0 Å². The number of nitrogens with zero attached hydrogens (tertiary/aromatic N) is 4. The molecule has 1 N–H and O–H groups in total. The van der Waals surface area contributed by atoms with Crippen LogP contribution in [0.1, 0.15) is 0 Å². The zero-order valence-corrected chi connectivity index (χ0v) is 11.9. The van der Waals surface area contributed by atoms with Crippen molar-refractivity contribution in [3.8, 4) is 17.9 Å². The van der Waals surface area contributed by atoms with Gasteiger partial charge in [0.1, 0.15) is 31.0 Å².